The minimum atomic E-state index is -0.359. The predicted molar refractivity (Wildman–Crippen MR) is 92.2 cm³/mol. The van der Waals surface area contributed by atoms with Crippen molar-refractivity contribution in [2.45, 2.75) is 65.4 Å². The van der Waals surface area contributed by atoms with Gasteiger partial charge in [0.25, 0.3) is 0 Å². The van der Waals surface area contributed by atoms with Gasteiger partial charge in [-0.05, 0) is 79.6 Å². The van der Waals surface area contributed by atoms with E-state index in [4.69, 9.17) is 0 Å². The van der Waals surface area contributed by atoms with Gasteiger partial charge in [0, 0.05) is 12.3 Å². The molecule has 0 bridgehead atoms. The Hall–Kier alpha value is -0.960. The van der Waals surface area contributed by atoms with Gasteiger partial charge >= 0.3 is 0 Å². The van der Waals surface area contributed by atoms with Crippen LogP contribution in [-0.4, -0.2) is 22.8 Å². The molecule has 0 aromatic carbocycles. The number of carbonyl (C=O) groups excluding carboxylic acids is 2. The van der Waals surface area contributed by atoms with E-state index >= 15 is 0 Å². The largest absolute Gasteiger partial charge is 0.393 e. The fraction of sp³-hybridized carbons (Fsp3) is 0.810. The first-order chi connectivity index (χ1) is 11.3. The maximum atomic E-state index is 12.2. The van der Waals surface area contributed by atoms with Crippen molar-refractivity contribution >= 4 is 11.6 Å². The summed E-state index contributed by atoms with van der Waals surface area (Å²) in [7, 11) is 0. The average molecular weight is 330 g/mol. The molecule has 0 saturated heterocycles. The van der Waals surface area contributed by atoms with Crippen LogP contribution in [0.25, 0.3) is 0 Å². The van der Waals surface area contributed by atoms with E-state index in [-0.39, 0.29) is 34.6 Å². The van der Waals surface area contributed by atoms with Gasteiger partial charge in [0.1, 0.15) is 5.78 Å². The Balaban J connectivity index is 1.72. The summed E-state index contributed by atoms with van der Waals surface area (Å²) in [6.45, 7) is 6.25. The van der Waals surface area contributed by atoms with Crippen molar-refractivity contribution < 1.29 is 14.7 Å². The fourth-order valence-corrected chi connectivity index (χ4v) is 7.43. The van der Waals surface area contributed by atoms with Gasteiger partial charge in [0.15, 0.2) is 5.78 Å². The number of aliphatic hydroxyl groups is 1. The van der Waals surface area contributed by atoms with Gasteiger partial charge in [0.05, 0.1) is 6.10 Å². The van der Waals surface area contributed by atoms with E-state index in [0.29, 0.717) is 30.0 Å². The van der Waals surface area contributed by atoms with E-state index in [1.165, 1.54) is 0 Å². The molecule has 4 aliphatic carbocycles. The fourth-order valence-electron chi connectivity index (χ4n) is 7.43. The van der Waals surface area contributed by atoms with E-state index in [0.717, 1.165) is 32.1 Å². The number of allylic oxidation sites excluding steroid dienone is 2. The van der Waals surface area contributed by atoms with Crippen molar-refractivity contribution in [2.24, 2.45) is 40.4 Å². The Kier molecular flexibility index (Phi) is 3.62. The summed E-state index contributed by atoms with van der Waals surface area (Å²) >= 11 is 0. The lowest BCUT2D eigenvalue weighted by atomic mass is 9.45. The molecule has 24 heavy (non-hydrogen) atoms. The van der Waals surface area contributed by atoms with Gasteiger partial charge in [-0.25, -0.2) is 0 Å². The van der Waals surface area contributed by atoms with Crippen LogP contribution in [0.5, 0.6) is 0 Å². The number of hydrogen-bond acceptors (Lipinski definition) is 3. The summed E-state index contributed by atoms with van der Waals surface area (Å²) in [5, 5.41) is 11.2. The van der Waals surface area contributed by atoms with Crippen molar-refractivity contribution in [2.75, 3.05) is 0 Å². The third kappa shape index (κ3) is 2.06. The van der Waals surface area contributed by atoms with Crippen molar-refractivity contribution in [3.8, 4) is 0 Å². The SMILES string of the molecule is CC(=O)[C@@H]1CC[C@@H]2[C@@H]3CC[C@@H]4CC(=O)C=C[C@]4(C)[C@@H]3[C@H](O)C[C@@]21C. The zero-order valence-electron chi connectivity index (χ0n) is 15.1. The van der Waals surface area contributed by atoms with E-state index in [9.17, 15) is 14.7 Å². The summed E-state index contributed by atoms with van der Waals surface area (Å²) in [5.74, 6) is 2.31. The minimum Gasteiger partial charge on any atom is -0.393 e. The first-order valence-electron chi connectivity index (χ1n) is 9.68. The minimum absolute atomic E-state index is 0.0379. The molecule has 1 N–H and O–H groups in total. The van der Waals surface area contributed by atoms with Crippen LogP contribution >= 0.6 is 0 Å². The van der Waals surface area contributed by atoms with Crippen molar-refractivity contribution in [1.29, 1.82) is 0 Å². The van der Waals surface area contributed by atoms with Crippen LogP contribution in [-0.2, 0) is 9.59 Å². The zero-order valence-corrected chi connectivity index (χ0v) is 15.1. The molecule has 4 rings (SSSR count). The third-order valence-electron chi connectivity index (χ3n) is 8.46. The lowest BCUT2D eigenvalue weighted by Crippen LogP contribution is -2.58. The van der Waals surface area contributed by atoms with Crippen molar-refractivity contribution in [3.05, 3.63) is 12.2 Å². The number of ketones is 2. The smallest absolute Gasteiger partial charge is 0.155 e. The summed E-state index contributed by atoms with van der Waals surface area (Å²) in [4.78, 5) is 24.0. The second kappa shape index (κ2) is 5.27. The Labute approximate surface area is 144 Å². The number of carbonyl (C=O) groups is 2. The quantitative estimate of drug-likeness (QED) is 0.800. The van der Waals surface area contributed by atoms with Crippen molar-refractivity contribution in [3.63, 3.8) is 0 Å². The van der Waals surface area contributed by atoms with Gasteiger partial charge in [-0.2, -0.15) is 0 Å². The van der Waals surface area contributed by atoms with E-state index < -0.39 is 0 Å². The van der Waals surface area contributed by atoms with Crippen molar-refractivity contribution in [1.82, 2.24) is 0 Å². The molecule has 0 spiro atoms. The highest BCUT2D eigenvalue weighted by Gasteiger charge is 2.63. The van der Waals surface area contributed by atoms with Gasteiger partial charge in [-0.15, -0.1) is 0 Å². The molecule has 0 aromatic rings. The molecule has 8 atom stereocenters. The molecule has 0 radical (unpaired) electrons. The lowest BCUT2D eigenvalue weighted by Gasteiger charge is -2.60. The standard InChI is InChI=1S/C21H30O3/c1-12(22)16-6-7-17-15-5-4-13-10-14(23)8-9-20(13,2)19(15)18(24)11-21(16,17)3/h8-9,13,15-19,24H,4-7,10-11H2,1-3H3/t13-,15+,16+,17-,18-,19+,20+,21-/m1/s1. The van der Waals surface area contributed by atoms with Crippen LogP contribution in [0.4, 0.5) is 0 Å². The summed E-state index contributed by atoms with van der Waals surface area (Å²) in [6, 6.07) is 0. The summed E-state index contributed by atoms with van der Waals surface area (Å²) in [6.07, 6.45) is 9.19. The molecular formula is C21H30O3. The number of aliphatic hydroxyl groups excluding tert-OH is 1. The van der Waals surface area contributed by atoms with Gasteiger partial charge < -0.3 is 5.11 Å². The number of Topliss-reactive ketones (excluding diaryl/α,β-unsaturated/α-hetero) is 1. The van der Waals surface area contributed by atoms with Gasteiger partial charge in [-0.3, -0.25) is 9.59 Å². The van der Waals surface area contributed by atoms with Gasteiger partial charge in [-0.1, -0.05) is 19.9 Å². The highest BCUT2D eigenvalue weighted by atomic mass is 16.3. The second-order valence-electron chi connectivity index (χ2n) is 9.46. The molecule has 4 aliphatic rings. The summed E-state index contributed by atoms with van der Waals surface area (Å²) in [5.41, 5.74) is -0.101. The van der Waals surface area contributed by atoms with Crippen LogP contribution in [0, 0.1) is 40.4 Å². The third-order valence-corrected chi connectivity index (χ3v) is 8.46. The molecule has 3 fully saturated rings. The maximum absolute atomic E-state index is 12.2. The van der Waals surface area contributed by atoms with E-state index in [2.05, 4.69) is 19.9 Å². The second-order valence-corrected chi connectivity index (χ2v) is 9.46. The molecule has 0 amide bonds. The molecular weight excluding hydrogens is 300 g/mol. The average Bonchev–Trinajstić information content (AvgIpc) is 2.84. The Bertz CT molecular complexity index is 608. The van der Waals surface area contributed by atoms with Crippen LogP contribution < -0.4 is 0 Å². The Morgan fingerprint density at radius 1 is 1.21 bits per heavy atom. The molecule has 0 aromatic heterocycles. The van der Waals surface area contributed by atoms with Crippen LogP contribution in [0.15, 0.2) is 12.2 Å². The topological polar surface area (TPSA) is 54.4 Å². The monoisotopic (exact) mass is 330 g/mol. The molecule has 132 valence electrons. The Morgan fingerprint density at radius 2 is 1.96 bits per heavy atom. The number of fused-ring (bicyclic) bond motifs is 5. The normalized spacial score (nSPS) is 53.2. The zero-order chi connectivity index (χ0) is 17.3. The molecule has 3 saturated carbocycles. The number of rotatable bonds is 1. The predicted octanol–water partition coefficient (Wildman–Crippen LogP) is 3.55. The summed E-state index contributed by atoms with van der Waals surface area (Å²) < 4.78 is 0. The molecule has 0 aliphatic heterocycles. The first-order valence-corrected chi connectivity index (χ1v) is 9.68. The first kappa shape index (κ1) is 16.5. The molecule has 0 unspecified atom stereocenters. The van der Waals surface area contributed by atoms with E-state index in [1.54, 1.807) is 13.0 Å². The van der Waals surface area contributed by atoms with Crippen LogP contribution in [0.2, 0.25) is 0 Å². The molecule has 3 nitrogen and oxygen atoms in total. The van der Waals surface area contributed by atoms with Gasteiger partial charge in [0.2, 0.25) is 0 Å². The van der Waals surface area contributed by atoms with Crippen LogP contribution in [0.1, 0.15) is 59.3 Å². The molecule has 3 heteroatoms. The molecule has 0 heterocycles. The maximum Gasteiger partial charge on any atom is 0.155 e. The highest BCUT2D eigenvalue weighted by molar-refractivity contribution is 5.91. The highest BCUT2D eigenvalue weighted by Crippen LogP contribution is 2.66. The van der Waals surface area contributed by atoms with E-state index in [1.807, 2.05) is 0 Å². The lowest BCUT2D eigenvalue weighted by molar-refractivity contribution is -0.155. The Morgan fingerprint density at radius 3 is 2.67 bits per heavy atom. The van der Waals surface area contributed by atoms with Crippen LogP contribution in [0.3, 0.4) is 0 Å². The number of hydrogen-bond donors (Lipinski definition) is 1.